The third kappa shape index (κ3) is 2.90. The van der Waals surface area contributed by atoms with Gasteiger partial charge in [0, 0.05) is 18.4 Å². The molecule has 2 rings (SSSR count). The topological polar surface area (TPSA) is 78.4 Å². The molecule has 0 bridgehead atoms. The predicted octanol–water partition coefficient (Wildman–Crippen LogP) is 1.62. The Morgan fingerprint density at radius 1 is 1.67 bits per heavy atom. The highest BCUT2D eigenvalue weighted by atomic mass is 16.5. The van der Waals surface area contributed by atoms with Crippen molar-refractivity contribution in [1.29, 1.82) is 0 Å². The maximum atomic E-state index is 11.2. The molecule has 0 spiro atoms. The van der Waals surface area contributed by atoms with Crippen LogP contribution in [-0.4, -0.2) is 24.3 Å². The number of aromatic nitrogens is 1. The van der Waals surface area contributed by atoms with Crippen molar-refractivity contribution >= 4 is 5.97 Å². The van der Waals surface area contributed by atoms with Gasteiger partial charge in [0.2, 0.25) is 0 Å². The summed E-state index contributed by atoms with van der Waals surface area (Å²) in [7, 11) is 1.33. The van der Waals surface area contributed by atoms with E-state index >= 15 is 0 Å². The monoisotopic (exact) mass is 252 g/mol. The van der Waals surface area contributed by atoms with Crippen LogP contribution in [0.5, 0.6) is 0 Å². The molecule has 0 radical (unpaired) electrons. The number of hydrogen-bond donors (Lipinski definition) is 1. The third-order valence-electron chi connectivity index (χ3n) is 3.61. The van der Waals surface area contributed by atoms with Gasteiger partial charge in [0.25, 0.3) is 0 Å². The molecule has 2 N–H and O–H groups in total. The molecule has 1 aliphatic rings. The molecule has 5 nitrogen and oxygen atoms in total. The molecular formula is C13H20N2O3. The van der Waals surface area contributed by atoms with E-state index in [1.165, 1.54) is 13.5 Å². The summed E-state index contributed by atoms with van der Waals surface area (Å²) < 4.78 is 9.94. The molecule has 3 unspecified atom stereocenters. The quantitative estimate of drug-likeness (QED) is 0.824. The maximum absolute atomic E-state index is 11.2. The van der Waals surface area contributed by atoms with Crippen LogP contribution in [0, 0.1) is 5.92 Å². The van der Waals surface area contributed by atoms with E-state index in [4.69, 9.17) is 10.3 Å². The normalized spacial score (nSPS) is 25.1. The number of hydrogen-bond acceptors (Lipinski definition) is 5. The van der Waals surface area contributed by atoms with Crippen LogP contribution in [0.1, 0.15) is 43.6 Å². The van der Waals surface area contributed by atoms with Crippen LogP contribution in [0.25, 0.3) is 0 Å². The largest absolute Gasteiger partial charge is 0.468 e. The molecule has 1 saturated carbocycles. The highest BCUT2D eigenvalue weighted by Crippen LogP contribution is 2.38. The van der Waals surface area contributed by atoms with Crippen LogP contribution >= 0.6 is 0 Å². The smallest absolute Gasteiger partial charge is 0.323 e. The zero-order valence-electron chi connectivity index (χ0n) is 10.9. The summed E-state index contributed by atoms with van der Waals surface area (Å²) in [5.41, 5.74) is 6.41. The van der Waals surface area contributed by atoms with Crippen molar-refractivity contribution in [3.63, 3.8) is 0 Å². The average molecular weight is 252 g/mol. The molecule has 3 atom stereocenters. The van der Waals surface area contributed by atoms with E-state index in [0.29, 0.717) is 12.3 Å². The fourth-order valence-corrected chi connectivity index (χ4v) is 2.54. The Hall–Kier alpha value is -1.36. The minimum Gasteiger partial charge on any atom is -0.468 e. The fourth-order valence-electron chi connectivity index (χ4n) is 2.54. The summed E-state index contributed by atoms with van der Waals surface area (Å²) in [6.45, 7) is 2.25. The van der Waals surface area contributed by atoms with Crippen molar-refractivity contribution in [1.82, 2.24) is 5.16 Å². The van der Waals surface area contributed by atoms with E-state index in [2.05, 4.69) is 16.8 Å². The maximum Gasteiger partial charge on any atom is 0.323 e. The van der Waals surface area contributed by atoms with Gasteiger partial charge in [0.15, 0.2) is 0 Å². The molecule has 18 heavy (non-hydrogen) atoms. The second-order valence-electron chi connectivity index (χ2n) is 5.17. The average Bonchev–Trinajstić information content (AvgIpc) is 2.96. The molecule has 100 valence electrons. The highest BCUT2D eigenvalue weighted by molar-refractivity contribution is 5.75. The van der Waals surface area contributed by atoms with Gasteiger partial charge in [0.05, 0.1) is 12.8 Å². The number of ether oxygens (including phenoxy) is 1. The number of nitrogens with zero attached hydrogens (tertiary/aromatic N) is 1. The summed E-state index contributed by atoms with van der Waals surface area (Å²) in [4.78, 5) is 11.2. The number of methoxy groups -OCH3 is 1. The Morgan fingerprint density at radius 3 is 3.06 bits per heavy atom. The first-order valence-corrected chi connectivity index (χ1v) is 6.39. The summed E-state index contributed by atoms with van der Waals surface area (Å²) in [5, 5.41) is 3.98. The molecule has 0 saturated heterocycles. The van der Waals surface area contributed by atoms with Crippen molar-refractivity contribution in [2.24, 2.45) is 11.7 Å². The molecule has 0 aliphatic heterocycles. The molecule has 0 amide bonds. The second kappa shape index (κ2) is 5.52. The molecule has 0 aromatic carbocycles. The Kier molecular flexibility index (Phi) is 4.01. The molecular weight excluding hydrogens is 232 g/mol. The summed E-state index contributed by atoms with van der Waals surface area (Å²) in [6, 6.07) is 1.25. The van der Waals surface area contributed by atoms with Crippen LogP contribution in [0.3, 0.4) is 0 Å². The lowest BCUT2D eigenvalue weighted by Crippen LogP contribution is -2.33. The third-order valence-corrected chi connectivity index (χ3v) is 3.61. The van der Waals surface area contributed by atoms with Gasteiger partial charge in [-0.05, 0) is 25.2 Å². The van der Waals surface area contributed by atoms with Gasteiger partial charge in [0.1, 0.15) is 11.8 Å². The minimum atomic E-state index is -0.671. The number of nitrogens with two attached hydrogens (primary N) is 1. The number of carbonyl (C=O) groups excluding carboxylic acids is 1. The van der Waals surface area contributed by atoms with Gasteiger partial charge in [-0.3, -0.25) is 4.79 Å². The number of carbonyl (C=O) groups is 1. The van der Waals surface area contributed by atoms with Gasteiger partial charge in [-0.15, -0.1) is 0 Å². The van der Waals surface area contributed by atoms with Gasteiger partial charge < -0.3 is 15.0 Å². The minimum absolute atomic E-state index is 0.360. The summed E-state index contributed by atoms with van der Waals surface area (Å²) >= 11 is 0. The first kappa shape index (κ1) is 13.1. The first-order valence-electron chi connectivity index (χ1n) is 6.39. The van der Waals surface area contributed by atoms with Gasteiger partial charge in [-0.2, -0.15) is 0 Å². The SMILES string of the molecule is COC(=O)C(N)Cc1cc(C2CCC(C)C2)on1. The second-order valence-corrected chi connectivity index (χ2v) is 5.17. The van der Waals surface area contributed by atoms with Crippen molar-refractivity contribution < 1.29 is 14.1 Å². The van der Waals surface area contributed by atoms with Crippen molar-refractivity contribution in [2.75, 3.05) is 7.11 Å². The van der Waals surface area contributed by atoms with E-state index < -0.39 is 12.0 Å². The zero-order valence-corrected chi connectivity index (χ0v) is 10.9. The number of esters is 1. The van der Waals surface area contributed by atoms with Crippen LogP contribution in [0.4, 0.5) is 0 Å². The Bertz CT molecular complexity index is 416. The fraction of sp³-hybridized carbons (Fsp3) is 0.692. The Labute approximate surface area is 107 Å². The van der Waals surface area contributed by atoms with Crippen molar-refractivity contribution in [2.45, 2.75) is 44.6 Å². The van der Waals surface area contributed by atoms with E-state index in [-0.39, 0.29) is 0 Å². The van der Waals surface area contributed by atoms with Gasteiger partial charge in [-0.25, -0.2) is 0 Å². The van der Waals surface area contributed by atoms with E-state index in [1.807, 2.05) is 6.07 Å². The molecule has 1 aromatic rings. The van der Waals surface area contributed by atoms with E-state index in [0.717, 1.165) is 30.2 Å². The van der Waals surface area contributed by atoms with E-state index in [1.54, 1.807) is 0 Å². The molecule has 1 fully saturated rings. The molecule has 1 heterocycles. The predicted molar refractivity (Wildman–Crippen MR) is 66.0 cm³/mol. The van der Waals surface area contributed by atoms with Gasteiger partial charge >= 0.3 is 5.97 Å². The highest BCUT2D eigenvalue weighted by Gasteiger charge is 2.26. The Morgan fingerprint density at radius 2 is 2.44 bits per heavy atom. The standard InChI is InChI=1S/C13H20N2O3/c1-8-3-4-9(5-8)12-7-10(15-18-12)6-11(14)13(16)17-2/h7-9,11H,3-6,14H2,1-2H3. The summed E-state index contributed by atoms with van der Waals surface area (Å²) in [5.74, 6) is 1.72. The van der Waals surface area contributed by atoms with Crippen molar-refractivity contribution in [3.05, 3.63) is 17.5 Å². The Balaban J connectivity index is 1.96. The summed E-state index contributed by atoms with van der Waals surface area (Å²) in [6.07, 6.45) is 3.90. The zero-order chi connectivity index (χ0) is 13.1. The lowest BCUT2D eigenvalue weighted by molar-refractivity contribution is -0.142. The van der Waals surface area contributed by atoms with Crippen LogP contribution in [-0.2, 0) is 16.0 Å². The molecule has 5 heteroatoms. The number of rotatable bonds is 4. The lowest BCUT2D eigenvalue weighted by Gasteiger charge is -2.05. The lowest BCUT2D eigenvalue weighted by atomic mass is 10.0. The van der Waals surface area contributed by atoms with E-state index in [9.17, 15) is 4.79 Å². The van der Waals surface area contributed by atoms with Gasteiger partial charge in [-0.1, -0.05) is 12.1 Å². The van der Waals surface area contributed by atoms with Crippen LogP contribution in [0.2, 0.25) is 0 Å². The van der Waals surface area contributed by atoms with Crippen LogP contribution < -0.4 is 5.73 Å². The molecule has 1 aromatic heterocycles. The first-order chi connectivity index (χ1) is 8.60. The molecule has 1 aliphatic carbocycles. The van der Waals surface area contributed by atoms with Crippen LogP contribution in [0.15, 0.2) is 10.6 Å². The van der Waals surface area contributed by atoms with Crippen molar-refractivity contribution in [3.8, 4) is 0 Å².